The van der Waals surface area contributed by atoms with Crippen molar-refractivity contribution >= 4 is 15.9 Å². The number of hydrogen-bond donors (Lipinski definition) is 1. The van der Waals surface area contributed by atoms with Crippen LogP contribution < -0.4 is 10.1 Å². The van der Waals surface area contributed by atoms with E-state index in [2.05, 4.69) is 21.2 Å². The molecule has 1 unspecified atom stereocenters. The number of nitrogens with one attached hydrogen (secondary N) is 1. The number of benzene rings is 2. The van der Waals surface area contributed by atoms with Crippen molar-refractivity contribution in [1.29, 1.82) is 0 Å². The molecule has 2 aromatic carbocycles. The van der Waals surface area contributed by atoms with Crippen LogP contribution in [0.25, 0.3) is 0 Å². The van der Waals surface area contributed by atoms with E-state index in [1.807, 2.05) is 0 Å². The summed E-state index contributed by atoms with van der Waals surface area (Å²) in [6.45, 7) is 0. The number of methoxy groups -OCH3 is 1. The Bertz CT molecular complexity index is 599. The van der Waals surface area contributed by atoms with Crippen LogP contribution in [0.2, 0.25) is 0 Å². The predicted octanol–water partition coefficient (Wildman–Crippen LogP) is 4.04. The largest absolute Gasteiger partial charge is 0.496 e. The molecule has 1 atom stereocenters. The molecule has 0 amide bonds. The van der Waals surface area contributed by atoms with Gasteiger partial charge in [-0.2, -0.15) is 0 Å². The Kier molecular flexibility index (Phi) is 4.73. The average molecular weight is 342 g/mol. The van der Waals surface area contributed by atoms with Crippen molar-refractivity contribution in [1.82, 2.24) is 5.32 Å². The summed E-state index contributed by atoms with van der Waals surface area (Å²) in [6, 6.07) is 8.59. The molecular formula is C15H14BrF2NO. The molecular weight excluding hydrogens is 328 g/mol. The fraction of sp³-hybridized carbons (Fsp3) is 0.200. The molecule has 0 saturated carbocycles. The molecule has 0 radical (unpaired) electrons. The lowest BCUT2D eigenvalue weighted by Gasteiger charge is -2.19. The molecule has 0 aromatic heterocycles. The highest BCUT2D eigenvalue weighted by Gasteiger charge is 2.21. The van der Waals surface area contributed by atoms with Crippen LogP contribution in [-0.4, -0.2) is 14.2 Å². The van der Waals surface area contributed by atoms with Crippen LogP contribution in [0.5, 0.6) is 5.75 Å². The van der Waals surface area contributed by atoms with Gasteiger partial charge in [0, 0.05) is 5.56 Å². The average Bonchev–Trinajstić information content (AvgIpc) is 2.43. The first-order valence-electron chi connectivity index (χ1n) is 6.03. The molecule has 1 N–H and O–H groups in total. The molecule has 2 aromatic rings. The van der Waals surface area contributed by atoms with Crippen molar-refractivity contribution in [3.8, 4) is 5.75 Å². The van der Waals surface area contributed by atoms with E-state index in [1.54, 1.807) is 32.4 Å². The quantitative estimate of drug-likeness (QED) is 0.905. The summed E-state index contributed by atoms with van der Waals surface area (Å²) in [4.78, 5) is 0. The maximum atomic E-state index is 13.9. The molecule has 0 aliphatic heterocycles. The van der Waals surface area contributed by atoms with E-state index in [9.17, 15) is 8.78 Å². The lowest BCUT2D eigenvalue weighted by molar-refractivity contribution is 0.411. The van der Waals surface area contributed by atoms with E-state index in [0.29, 0.717) is 5.75 Å². The van der Waals surface area contributed by atoms with Crippen LogP contribution in [0.4, 0.5) is 8.78 Å². The van der Waals surface area contributed by atoms with Crippen molar-refractivity contribution < 1.29 is 13.5 Å². The Hall–Kier alpha value is -1.46. The van der Waals surface area contributed by atoms with E-state index >= 15 is 0 Å². The SMILES string of the molecule is CNC(c1ccc(OC)c(Br)c1)c1c(F)cccc1F. The molecule has 20 heavy (non-hydrogen) atoms. The van der Waals surface area contributed by atoms with E-state index < -0.39 is 17.7 Å². The van der Waals surface area contributed by atoms with Gasteiger partial charge >= 0.3 is 0 Å². The van der Waals surface area contributed by atoms with Gasteiger partial charge in [0.15, 0.2) is 0 Å². The fourth-order valence-electron chi connectivity index (χ4n) is 2.13. The third-order valence-electron chi connectivity index (χ3n) is 3.09. The van der Waals surface area contributed by atoms with E-state index in [1.165, 1.54) is 18.2 Å². The Labute approximate surface area is 124 Å². The summed E-state index contributed by atoms with van der Waals surface area (Å²) in [6.07, 6.45) is 0. The first-order valence-corrected chi connectivity index (χ1v) is 6.82. The first-order chi connectivity index (χ1) is 9.58. The molecule has 0 aliphatic carbocycles. The Morgan fingerprint density at radius 3 is 2.30 bits per heavy atom. The minimum atomic E-state index is -0.573. The standard InChI is InChI=1S/C15H14BrF2NO/c1-19-15(14-11(17)4-3-5-12(14)18)9-6-7-13(20-2)10(16)8-9/h3-8,15,19H,1-2H3. The Morgan fingerprint density at radius 2 is 1.80 bits per heavy atom. The molecule has 0 aliphatic rings. The zero-order valence-corrected chi connectivity index (χ0v) is 12.7. The number of ether oxygens (including phenoxy) is 1. The van der Waals surface area contributed by atoms with Crippen molar-refractivity contribution in [2.45, 2.75) is 6.04 Å². The molecule has 106 valence electrons. The zero-order chi connectivity index (χ0) is 14.7. The van der Waals surface area contributed by atoms with Crippen molar-refractivity contribution in [3.63, 3.8) is 0 Å². The highest BCUT2D eigenvalue weighted by atomic mass is 79.9. The van der Waals surface area contributed by atoms with Crippen LogP contribution in [-0.2, 0) is 0 Å². The normalized spacial score (nSPS) is 12.2. The van der Waals surface area contributed by atoms with Gasteiger partial charge in [0.1, 0.15) is 17.4 Å². The smallest absolute Gasteiger partial charge is 0.133 e. The number of hydrogen-bond acceptors (Lipinski definition) is 2. The second-order valence-corrected chi connectivity index (χ2v) is 5.11. The maximum Gasteiger partial charge on any atom is 0.133 e. The molecule has 2 nitrogen and oxygen atoms in total. The second-order valence-electron chi connectivity index (χ2n) is 4.25. The topological polar surface area (TPSA) is 21.3 Å². The van der Waals surface area contributed by atoms with Crippen molar-refractivity contribution in [3.05, 3.63) is 63.6 Å². The van der Waals surface area contributed by atoms with Crippen LogP contribution in [0, 0.1) is 11.6 Å². The molecule has 0 saturated heterocycles. The first kappa shape index (κ1) is 14.9. The summed E-state index contributed by atoms with van der Waals surface area (Å²) >= 11 is 3.37. The molecule has 0 spiro atoms. The van der Waals surface area contributed by atoms with E-state index in [0.717, 1.165) is 10.0 Å². The summed E-state index contributed by atoms with van der Waals surface area (Å²) in [7, 11) is 3.22. The lowest BCUT2D eigenvalue weighted by atomic mass is 9.97. The molecule has 2 rings (SSSR count). The second kappa shape index (κ2) is 6.33. The van der Waals surface area contributed by atoms with Gasteiger partial charge in [-0.15, -0.1) is 0 Å². The van der Waals surface area contributed by atoms with Gasteiger partial charge in [-0.1, -0.05) is 12.1 Å². The molecule has 5 heteroatoms. The van der Waals surface area contributed by atoms with Gasteiger partial charge in [0.25, 0.3) is 0 Å². The van der Waals surface area contributed by atoms with Gasteiger partial charge < -0.3 is 10.1 Å². The Morgan fingerprint density at radius 1 is 1.15 bits per heavy atom. The summed E-state index contributed by atoms with van der Waals surface area (Å²) in [5, 5.41) is 2.94. The fourth-order valence-corrected chi connectivity index (χ4v) is 2.68. The van der Waals surface area contributed by atoms with Crippen molar-refractivity contribution in [2.24, 2.45) is 0 Å². The predicted molar refractivity (Wildman–Crippen MR) is 78.0 cm³/mol. The van der Waals surface area contributed by atoms with Crippen LogP contribution in [0.1, 0.15) is 17.2 Å². The highest BCUT2D eigenvalue weighted by molar-refractivity contribution is 9.10. The zero-order valence-electron chi connectivity index (χ0n) is 11.1. The van der Waals surface area contributed by atoms with Crippen molar-refractivity contribution in [2.75, 3.05) is 14.2 Å². The minimum Gasteiger partial charge on any atom is -0.496 e. The van der Waals surface area contributed by atoms with Crippen LogP contribution >= 0.6 is 15.9 Å². The van der Waals surface area contributed by atoms with E-state index in [4.69, 9.17) is 4.74 Å². The molecule has 0 heterocycles. The third-order valence-corrected chi connectivity index (χ3v) is 3.71. The van der Waals surface area contributed by atoms with Gasteiger partial charge in [0.2, 0.25) is 0 Å². The van der Waals surface area contributed by atoms with Crippen LogP contribution in [0.15, 0.2) is 40.9 Å². The van der Waals surface area contributed by atoms with Crippen LogP contribution in [0.3, 0.4) is 0 Å². The van der Waals surface area contributed by atoms with Gasteiger partial charge in [-0.25, -0.2) is 8.78 Å². The third kappa shape index (κ3) is 2.83. The van der Waals surface area contributed by atoms with E-state index in [-0.39, 0.29) is 5.56 Å². The van der Waals surface area contributed by atoms with Gasteiger partial charge in [0.05, 0.1) is 17.6 Å². The summed E-state index contributed by atoms with van der Waals surface area (Å²) in [5.74, 6) is -0.481. The van der Waals surface area contributed by atoms with Gasteiger partial charge in [-0.3, -0.25) is 0 Å². The maximum absolute atomic E-state index is 13.9. The molecule has 0 bridgehead atoms. The summed E-state index contributed by atoms with van der Waals surface area (Å²) in [5.41, 5.74) is 0.747. The lowest BCUT2D eigenvalue weighted by Crippen LogP contribution is -2.20. The Balaban J connectivity index is 2.50. The highest BCUT2D eigenvalue weighted by Crippen LogP contribution is 2.32. The summed E-state index contributed by atoms with van der Waals surface area (Å²) < 4.78 is 33.7. The molecule has 0 fully saturated rings. The monoisotopic (exact) mass is 341 g/mol. The van der Waals surface area contributed by atoms with Gasteiger partial charge in [-0.05, 0) is 52.8 Å². The minimum absolute atomic E-state index is 0.00654. The number of halogens is 3. The number of rotatable bonds is 4.